The number of benzene rings is 1. The minimum absolute atomic E-state index is 0. The van der Waals surface area contributed by atoms with Crippen LogP contribution in [0.1, 0.15) is 40.2 Å². The number of likely N-dealkylation sites (tertiary alicyclic amines) is 1. The molecule has 162 valence electrons. The summed E-state index contributed by atoms with van der Waals surface area (Å²) in [5.41, 5.74) is 5.07. The van der Waals surface area contributed by atoms with Crippen molar-refractivity contribution in [2.75, 3.05) is 32.7 Å². The second kappa shape index (κ2) is 9.23. The molecule has 2 amide bonds. The smallest absolute Gasteiger partial charge is 0.255 e. The molecule has 2 fully saturated rings. The molecule has 0 spiro atoms. The van der Waals surface area contributed by atoms with Gasteiger partial charge in [-0.25, -0.2) is 0 Å². The van der Waals surface area contributed by atoms with E-state index in [-0.39, 0.29) is 30.3 Å². The van der Waals surface area contributed by atoms with Crippen molar-refractivity contribution < 1.29 is 9.59 Å². The molecular formula is C23H31ClN4O2. The molecule has 1 atom stereocenters. The molecule has 4 rings (SSSR count). The molecule has 6 nitrogen and oxygen atoms in total. The summed E-state index contributed by atoms with van der Waals surface area (Å²) in [6, 6.07) is 10.5. The summed E-state index contributed by atoms with van der Waals surface area (Å²) in [4.78, 5) is 29.6. The van der Waals surface area contributed by atoms with Crippen LogP contribution in [0.2, 0.25) is 0 Å². The molecule has 1 N–H and O–H groups in total. The third-order valence-corrected chi connectivity index (χ3v) is 6.17. The van der Waals surface area contributed by atoms with Crippen LogP contribution >= 0.6 is 12.4 Å². The first-order chi connectivity index (χ1) is 14.0. The Labute approximate surface area is 184 Å². The summed E-state index contributed by atoms with van der Waals surface area (Å²) in [7, 11) is 0. The Morgan fingerprint density at radius 2 is 1.93 bits per heavy atom. The van der Waals surface area contributed by atoms with E-state index in [0.29, 0.717) is 13.1 Å². The van der Waals surface area contributed by atoms with E-state index in [4.69, 9.17) is 0 Å². The predicted molar refractivity (Wildman–Crippen MR) is 121 cm³/mol. The molecule has 0 radical (unpaired) electrons. The van der Waals surface area contributed by atoms with Crippen molar-refractivity contribution in [3.8, 4) is 5.69 Å². The monoisotopic (exact) mass is 430 g/mol. The van der Waals surface area contributed by atoms with Crippen molar-refractivity contribution in [1.82, 2.24) is 19.7 Å². The molecule has 0 saturated carbocycles. The number of hydrogen-bond donors (Lipinski definition) is 1. The fourth-order valence-corrected chi connectivity index (χ4v) is 4.71. The van der Waals surface area contributed by atoms with E-state index in [0.717, 1.165) is 55.1 Å². The van der Waals surface area contributed by atoms with E-state index in [1.54, 1.807) is 0 Å². The van der Waals surface area contributed by atoms with Gasteiger partial charge in [0.15, 0.2) is 0 Å². The zero-order chi connectivity index (χ0) is 20.5. The van der Waals surface area contributed by atoms with E-state index in [2.05, 4.69) is 35.0 Å². The number of hydrogen-bond acceptors (Lipinski definition) is 3. The van der Waals surface area contributed by atoms with Gasteiger partial charge >= 0.3 is 0 Å². The van der Waals surface area contributed by atoms with Gasteiger partial charge in [-0.2, -0.15) is 0 Å². The molecule has 1 aromatic carbocycles. The van der Waals surface area contributed by atoms with E-state index in [9.17, 15) is 9.59 Å². The molecule has 7 heteroatoms. The minimum atomic E-state index is 0. The zero-order valence-corrected chi connectivity index (χ0v) is 18.8. The number of halogens is 1. The highest BCUT2D eigenvalue weighted by Gasteiger charge is 2.32. The van der Waals surface area contributed by atoms with E-state index in [1.807, 2.05) is 35.8 Å². The number of carbonyl (C=O) groups is 2. The fourth-order valence-electron chi connectivity index (χ4n) is 4.71. The molecule has 3 heterocycles. The lowest BCUT2D eigenvalue weighted by Crippen LogP contribution is -2.57. The molecule has 2 saturated heterocycles. The maximum Gasteiger partial charge on any atom is 0.255 e. The molecule has 2 aromatic rings. The largest absolute Gasteiger partial charge is 0.337 e. The van der Waals surface area contributed by atoms with Crippen LogP contribution in [0.3, 0.4) is 0 Å². The summed E-state index contributed by atoms with van der Waals surface area (Å²) in [6.07, 6.45) is 1.90. The van der Waals surface area contributed by atoms with Crippen molar-refractivity contribution in [2.45, 2.75) is 39.7 Å². The quantitative estimate of drug-likeness (QED) is 0.814. The molecule has 0 bridgehead atoms. The first kappa shape index (κ1) is 22.4. The lowest BCUT2D eigenvalue weighted by Gasteiger charge is -2.41. The van der Waals surface area contributed by atoms with Crippen LogP contribution in [0.4, 0.5) is 0 Å². The van der Waals surface area contributed by atoms with Gasteiger partial charge in [0.1, 0.15) is 0 Å². The summed E-state index contributed by atoms with van der Waals surface area (Å²) in [6.45, 7) is 9.48. The molecular weight excluding hydrogens is 400 g/mol. The van der Waals surface area contributed by atoms with Crippen molar-refractivity contribution in [1.29, 1.82) is 0 Å². The first-order valence-electron chi connectivity index (χ1n) is 10.5. The maximum atomic E-state index is 13.4. The Bertz CT molecular complexity index is 939. The molecule has 1 unspecified atom stereocenters. The topological polar surface area (TPSA) is 57.6 Å². The standard InChI is InChI=1S/C23H30N4O2.ClH/c1-16-6-4-7-19(12-16)27-17(2)13-21(18(27)3)23(29)25-10-5-8-20(15-25)26-11-9-24-14-22(26)28;/h4,6-7,12-13,20,24H,5,8-11,14-15H2,1-3H3;1H. The Kier molecular flexibility index (Phi) is 6.88. The third-order valence-electron chi connectivity index (χ3n) is 6.17. The first-order valence-corrected chi connectivity index (χ1v) is 10.5. The van der Waals surface area contributed by atoms with Crippen molar-refractivity contribution in [2.24, 2.45) is 0 Å². The predicted octanol–water partition coefficient (Wildman–Crippen LogP) is 2.86. The number of aryl methyl sites for hydroxylation is 2. The summed E-state index contributed by atoms with van der Waals surface area (Å²) >= 11 is 0. The number of amides is 2. The number of piperidine rings is 1. The van der Waals surface area contributed by atoms with Crippen LogP contribution in [0, 0.1) is 20.8 Å². The normalized spacial score (nSPS) is 19.6. The number of nitrogens with one attached hydrogen (secondary N) is 1. The molecule has 30 heavy (non-hydrogen) atoms. The minimum Gasteiger partial charge on any atom is -0.337 e. The average molecular weight is 431 g/mol. The molecule has 2 aliphatic rings. The van der Waals surface area contributed by atoms with Crippen LogP contribution < -0.4 is 5.32 Å². The van der Waals surface area contributed by atoms with Gasteiger partial charge in [-0.05, 0) is 57.4 Å². The molecule has 1 aromatic heterocycles. The summed E-state index contributed by atoms with van der Waals surface area (Å²) < 4.78 is 2.15. The highest BCUT2D eigenvalue weighted by molar-refractivity contribution is 5.96. The van der Waals surface area contributed by atoms with Crippen molar-refractivity contribution >= 4 is 24.2 Å². The highest BCUT2D eigenvalue weighted by atomic mass is 35.5. The van der Waals surface area contributed by atoms with Crippen LogP contribution in [0.15, 0.2) is 30.3 Å². The second-order valence-electron chi connectivity index (χ2n) is 8.27. The molecule has 0 aliphatic carbocycles. The average Bonchev–Trinajstić information content (AvgIpc) is 3.02. The van der Waals surface area contributed by atoms with Gasteiger partial charge in [-0.15, -0.1) is 12.4 Å². The van der Waals surface area contributed by atoms with Crippen molar-refractivity contribution in [3.05, 3.63) is 52.8 Å². The zero-order valence-electron chi connectivity index (χ0n) is 18.0. The highest BCUT2D eigenvalue weighted by Crippen LogP contribution is 2.25. The van der Waals surface area contributed by atoms with E-state index in [1.165, 1.54) is 5.56 Å². The van der Waals surface area contributed by atoms with Gasteiger partial charge in [-0.1, -0.05) is 12.1 Å². The number of carbonyl (C=O) groups excluding carboxylic acids is 2. The Hall–Kier alpha value is -2.31. The third kappa shape index (κ3) is 4.25. The fraction of sp³-hybridized carbons (Fsp3) is 0.478. The Morgan fingerprint density at radius 1 is 1.13 bits per heavy atom. The Balaban J connectivity index is 0.00000256. The number of rotatable bonds is 3. The van der Waals surface area contributed by atoms with Gasteiger partial charge in [-0.3, -0.25) is 9.59 Å². The van der Waals surface area contributed by atoms with Gasteiger partial charge in [0.05, 0.1) is 12.1 Å². The SMILES string of the molecule is Cc1cccc(-n2c(C)cc(C(=O)N3CCCC(N4CCNCC4=O)C3)c2C)c1.Cl. The lowest BCUT2D eigenvalue weighted by atomic mass is 10.0. The second-order valence-corrected chi connectivity index (χ2v) is 8.27. The number of aromatic nitrogens is 1. The van der Waals surface area contributed by atoms with Gasteiger partial charge in [0.2, 0.25) is 5.91 Å². The Morgan fingerprint density at radius 3 is 2.67 bits per heavy atom. The van der Waals surface area contributed by atoms with Crippen LogP contribution in [-0.4, -0.2) is 64.9 Å². The van der Waals surface area contributed by atoms with E-state index >= 15 is 0 Å². The maximum absolute atomic E-state index is 13.4. The number of piperazine rings is 1. The van der Waals surface area contributed by atoms with Gasteiger partial charge in [0.25, 0.3) is 5.91 Å². The van der Waals surface area contributed by atoms with Gasteiger partial charge < -0.3 is 19.7 Å². The van der Waals surface area contributed by atoms with Gasteiger partial charge in [0, 0.05) is 49.3 Å². The van der Waals surface area contributed by atoms with Crippen LogP contribution in [-0.2, 0) is 4.79 Å². The number of nitrogens with zero attached hydrogens (tertiary/aromatic N) is 3. The lowest BCUT2D eigenvalue weighted by molar-refractivity contribution is -0.135. The summed E-state index contributed by atoms with van der Waals surface area (Å²) in [5, 5.41) is 3.12. The van der Waals surface area contributed by atoms with Crippen LogP contribution in [0.5, 0.6) is 0 Å². The van der Waals surface area contributed by atoms with Crippen molar-refractivity contribution in [3.63, 3.8) is 0 Å². The summed E-state index contributed by atoms with van der Waals surface area (Å²) in [5.74, 6) is 0.220. The van der Waals surface area contributed by atoms with E-state index < -0.39 is 0 Å². The van der Waals surface area contributed by atoms with Crippen LogP contribution in [0.25, 0.3) is 5.69 Å². The molecule has 2 aliphatic heterocycles.